The molecule has 2 rings (SSSR count). The molecule has 1 unspecified atom stereocenters. The first kappa shape index (κ1) is 5.13. The van der Waals surface area contributed by atoms with Gasteiger partial charge in [0.15, 0.2) is 0 Å². The highest BCUT2D eigenvalue weighted by atomic mass is 16.6. The first-order valence-electron chi connectivity index (χ1n) is 3.04. The number of hydrogen-bond acceptors (Lipinski definition) is 4. The summed E-state index contributed by atoms with van der Waals surface area (Å²) in [6, 6.07) is 0.222. The maximum atomic E-state index is 11.3. The second-order valence-electron chi connectivity index (χ2n) is 2.51. The first-order valence-corrected chi connectivity index (χ1v) is 3.04. The van der Waals surface area contributed by atoms with Gasteiger partial charge in [0, 0.05) is 12.8 Å². The van der Waals surface area contributed by atoms with Gasteiger partial charge in [0.1, 0.15) is 6.04 Å². The molecule has 1 N–H and O–H groups in total. The Labute approximate surface area is 52.5 Å². The molecule has 50 valence electrons. The van der Waals surface area contributed by atoms with E-state index in [-0.39, 0.29) is 12.7 Å². The zero-order chi connectivity index (χ0) is 6.32. The summed E-state index contributed by atoms with van der Waals surface area (Å²) in [5.74, 6) is 0. The van der Waals surface area contributed by atoms with Crippen molar-refractivity contribution in [2.24, 2.45) is 10.3 Å². The molecule has 0 radical (unpaired) electrons. The molecule has 0 aromatic carbocycles. The molecule has 5 heteroatoms. The fourth-order valence-corrected chi connectivity index (χ4v) is 0.953. The molecule has 9 heavy (non-hydrogen) atoms. The van der Waals surface area contributed by atoms with E-state index in [4.69, 9.17) is 0 Å². The lowest BCUT2D eigenvalue weighted by atomic mass is 10.6. The topological polar surface area (TPSA) is 59.8 Å². The van der Waals surface area contributed by atoms with E-state index in [2.05, 4.69) is 15.9 Å². The summed E-state index contributed by atoms with van der Waals surface area (Å²) in [7, 11) is 0. The number of hydroxylamine groups is 2. The monoisotopic (exact) mass is 128 g/mol. The van der Waals surface area contributed by atoms with E-state index in [1.165, 1.54) is 0 Å². The van der Waals surface area contributed by atoms with Gasteiger partial charge < -0.3 is 5.21 Å². The van der Waals surface area contributed by atoms with Crippen molar-refractivity contribution in [1.82, 2.24) is 5.53 Å². The second kappa shape index (κ2) is 1.43. The minimum atomic E-state index is -0.417. The predicted octanol–water partition coefficient (Wildman–Crippen LogP) is 0.306. The van der Waals surface area contributed by atoms with E-state index in [9.17, 15) is 5.21 Å². The summed E-state index contributed by atoms with van der Waals surface area (Å²) in [6.45, 7) is 0.255. The Bertz CT molecular complexity index is 145. The predicted molar refractivity (Wildman–Crippen MR) is 29.5 cm³/mol. The summed E-state index contributed by atoms with van der Waals surface area (Å²) in [5.41, 5.74) is 2.44. The fourth-order valence-electron chi connectivity index (χ4n) is 0.953. The van der Waals surface area contributed by atoms with Crippen LogP contribution in [0.4, 0.5) is 0 Å². The average molecular weight is 128 g/mol. The molecule has 1 aliphatic heterocycles. The molecule has 0 aromatic rings. The van der Waals surface area contributed by atoms with Crippen molar-refractivity contribution in [3.63, 3.8) is 0 Å². The summed E-state index contributed by atoms with van der Waals surface area (Å²) in [6.07, 6.45) is 2.03. The Morgan fingerprint density at radius 1 is 1.56 bits per heavy atom. The molecule has 1 heterocycles. The van der Waals surface area contributed by atoms with E-state index in [1.807, 2.05) is 0 Å². The number of hydrogen-bond donors (Lipinski definition) is 1. The maximum Gasteiger partial charge on any atom is 0.217 e. The summed E-state index contributed by atoms with van der Waals surface area (Å²) < 4.78 is -0.417. The van der Waals surface area contributed by atoms with Crippen LogP contribution < -0.4 is 5.53 Å². The Kier molecular flexibility index (Phi) is 0.813. The number of quaternary nitrogens is 1. The van der Waals surface area contributed by atoms with Crippen LogP contribution in [-0.4, -0.2) is 17.5 Å². The van der Waals surface area contributed by atoms with E-state index in [0.717, 1.165) is 12.8 Å². The van der Waals surface area contributed by atoms with Crippen molar-refractivity contribution in [2.45, 2.75) is 18.9 Å². The van der Waals surface area contributed by atoms with Gasteiger partial charge >= 0.3 is 0 Å². The number of nitrogens with one attached hydrogen (secondary N) is 1. The van der Waals surface area contributed by atoms with Crippen LogP contribution in [0.15, 0.2) is 10.3 Å². The maximum absolute atomic E-state index is 11.3. The Morgan fingerprint density at radius 3 is 2.78 bits per heavy atom. The summed E-state index contributed by atoms with van der Waals surface area (Å²) in [4.78, 5) is 0. The normalized spacial score (nSPS) is 41.0. The van der Waals surface area contributed by atoms with Gasteiger partial charge in [-0.15, -0.1) is 10.6 Å². The van der Waals surface area contributed by atoms with Crippen LogP contribution in [0, 0.1) is 5.21 Å². The third-order valence-corrected chi connectivity index (χ3v) is 1.69. The van der Waals surface area contributed by atoms with E-state index < -0.39 is 4.76 Å². The lowest BCUT2D eigenvalue weighted by Crippen LogP contribution is -2.49. The highest BCUT2D eigenvalue weighted by Crippen LogP contribution is 2.32. The van der Waals surface area contributed by atoms with Crippen LogP contribution >= 0.6 is 0 Å². The summed E-state index contributed by atoms with van der Waals surface area (Å²) in [5, 5.41) is 18.3. The van der Waals surface area contributed by atoms with E-state index in [0.29, 0.717) is 0 Å². The van der Waals surface area contributed by atoms with Gasteiger partial charge in [-0.1, -0.05) is 0 Å². The minimum absolute atomic E-state index is 0.222. The Hall–Kier alpha value is -0.680. The molecule has 1 atom stereocenters. The molecular formula is C4H8N4O. The lowest BCUT2D eigenvalue weighted by Gasteiger charge is -2.33. The first-order chi connectivity index (χ1) is 4.31. The van der Waals surface area contributed by atoms with Gasteiger partial charge in [-0.2, -0.15) is 0 Å². The average Bonchev–Trinajstić information content (AvgIpc) is 2.60. The highest BCUT2D eigenvalue weighted by molar-refractivity contribution is 4.75. The number of nitrogens with zero attached hydrogens (tertiary/aromatic N) is 3. The third kappa shape index (κ3) is 0.691. The van der Waals surface area contributed by atoms with E-state index >= 15 is 0 Å². The number of rotatable bonds is 1. The van der Waals surface area contributed by atoms with Crippen LogP contribution in [0.5, 0.6) is 0 Å². The Morgan fingerprint density at radius 2 is 2.33 bits per heavy atom. The third-order valence-electron chi connectivity index (χ3n) is 1.69. The van der Waals surface area contributed by atoms with Crippen molar-refractivity contribution >= 4 is 0 Å². The van der Waals surface area contributed by atoms with Crippen molar-refractivity contribution < 1.29 is 4.76 Å². The van der Waals surface area contributed by atoms with Crippen molar-refractivity contribution in [3.8, 4) is 0 Å². The molecule has 0 bridgehead atoms. The van der Waals surface area contributed by atoms with Crippen LogP contribution in [-0.2, 0) is 0 Å². The molecule has 0 amide bonds. The second-order valence-corrected chi connectivity index (χ2v) is 2.51. The van der Waals surface area contributed by atoms with Crippen molar-refractivity contribution in [3.05, 3.63) is 5.21 Å². The molecule has 0 aromatic heterocycles. The SMILES string of the molecule is [O-][N+]1(C2CC2)CN=NN1. The molecular weight excluding hydrogens is 120 g/mol. The highest BCUT2D eigenvalue weighted by Gasteiger charge is 2.41. The molecule has 1 aliphatic carbocycles. The molecule has 1 saturated carbocycles. The zero-order valence-corrected chi connectivity index (χ0v) is 4.95. The minimum Gasteiger partial charge on any atom is -0.603 e. The molecule has 0 saturated heterocycles. The van der Waals surface area contributed by atoms with Crippen LogP contribution in [0.3, 0.4) is 0 Å². The van der Waals surface area contributed by atoms with Gasteiger partial charge in [0.2, 0.25) is 6.67 Å². The van der Waals surface area contributed by atoms with Crippen LogP contribution in [0.1, 0.15) is 12.8 Å². The van der Waals surface area contributed by atoms with Crippen molar-refractivity contribution in [2.75, 3.05) is 6.67 Å². The molecule has 2 aliphatic rings. The van der Waals surface area contributed by atoms with Crippen LogP contribution in [0.2, 0.25) is 0 Å². The standard InChI is InChI=1S/C4H8N4O/c9-8(4-1-2-4)3-5-6-7-8/h4H,1-3H2,(H,5,7). The van der Waals surface area contributed by atoms with Crippen molar-refractivity contribution in [1.29, 1.82) is 0 Å². The smallest absolute Gasteiger partial charge is 0.217 e. The van der Waals surface area contributed by atoms with Gasteiger partial charge in [0.05, 0.1) is 0 Å². The van der Waals surface area contributed by atoms with E-state index in [1.54, 1.807) is 0 Å². The van der Waals surface area contributed by atoms with Gasteiger partial charge in [-0.05, 0) is 5.22 Å². The fraction of sp³-hybridized carbons (Fsp3) is 1.00. The molecule has 5 nitrogen and oxygen atoms in total. The Balaban J connectivity index is 2.06. The quantitative estimate of drug-likeness (QED) is 0.408. The largest absolute Gasteiger partial charge is 0.603 e. The van der Waals surface area contributed by atoms with Gasteiger partial charge in [-0.3, -0.25) is 0 Å². The van der Waals surface area contributed by atoms with Gasteiger partial charge in [-0.25, -0.2) is 4.76 Å². The molecule has 1 fully saturated rings. The zero-order valence-electron chi connectivity index (χ0n) is 4.95. The molecule has 0 spiro atoms. The van der Waals surface area contributed by atoms with Crippen LogP contribution in [0.25, 0.3) is 0 Å². The lowest BCUT2D eigenvalue weighted by molar-refractivity contribution is -0.926. The van der Waals surface area contributed by atoms with Gasteiger partial charge in [0.25, 0.3) is 0 Å². The summed E-state index contributed by atoms with van der Waals surface area (Å²) >= 11 is 0.